The number of halogens is 3. The summed E-state index contributed by atoms with van der Waals surface area (Å²) in [5, 5.41) is 12.3. The van der Waals surface area contributed by atoms with Crippen LogP contribution < -0.4 is 5.32 Å². The number of carbonyl (C=O) groups is 1. The van der Waals surface area contributed by atoms with E-state index in [0.29, 0.717) is 11.5 Å². The Balaban J connectivity index is 0.00000126. The summed E-state index contributed by atoms with van der Waals surface area (Å²) in [5.41, 5.74) is -2.52. The fraction of sp³-hybridized carbons (Fsp3) is 0.400. The molecule has 0 aliphatic heterocycles. The average molecular weight is 380 g/mol. The van der Waals surface area contributed by atoms with Gasteiger partial charge in [0.25, 0.3) is 11.5 Å². The number of rotatable bonds is 5. The minimum Gasteiger partial charge on any atom is -0.369 e. The van der Waals surface area contributed by atoms with E-state index in [1.54, 1.807) is 6.20 Å². The van der Waals surface area contributed by atoms with E-state index in [2.05, 4.69) is 10.3 Å². The molecule has 27 heavy (non-hydrogen) atoms. The first-order valence-corrected chi connectivity index (χ1v) is 8.89. The van der Waals surface area contributed by atoms with Crippen LogP contribution in [0.2, 0.25) is 0 Å². The Morgan fingerprint density at radius 2 is 1.81 bits per heavy atom. The highest BCUT2D eigenvalue weighted by Gasteiger charge is 2.60. The maximum absolute atomic E-state index is 13.4. The Bertz CT molecular complexity index is 761. The molecule has 1 fully saturated rings. The van der Waals surface area contributed by atoms with Gasteiger partial charge in [-0.1, -0.05) is 50.2 Å². The summed E-state index contributed by atoms with van der Waals surface area (Å²) in [6, 6.07) is 8.14. The van der Waals surface area contributed by atoms with Gasteiger partial charge in [0, 0.05) is 24.5 Å². The molecule has 3 rings (SSSR count). The molecule has 1 saturated carbocycles. The first-order valence-electron chi connectivity index (χ1n) is 8.89. The van der Waals surface area contributed by atoms with Crippen LogP contribution in [0.15, 0.2) is 48.8 Å². The van der Waals surface area contributed by atoms with Gasteiger partial charge in [-0.2, -0.15) is 13.2 Å². The molecule has 0 spiro atoms. The fourth-order valence-corrected chi connectivity index (χ4v) is 2.66. The zero-order valence-corrected chi connectivity index (χ0v) is 15.3. The largest absolute Gasteiger partial charge is 0.430 e. The molecule has 146 valence electrons. The molecular formula is C20H23F3N2O2. The van der Waals surface area contributed by atoms with E-state index in [-0.39, 0.29) is 6.54 Å². The summed E-state index contributed by atoms with van der Waals surface area (Å²) >= 11 is 0. The van der Waals surface area contributed by atoms with Crippen molar-refractivity contribution in [2.75, 3.05) is 0 Å². The molecule has 2 aromatic rings. The van der Waals surface area contributed by atoms with Crippen LogP contribution in [0.5, 0.6) is 0 Å². The number of aliphatic hydroxyl groups is 1. The van der Waals surface area contributed by atoms with Crippen molar-refractivity contribution >= 4 is 5.91 Å². The molecule has 1 atom stereocenters. The quantitative estimate of drug-likeness (QED) is 0.823. The van der Waals surface area contributed by atoms with Crippen molar-refractivity contribution in [3.8, 4) is 0 Å². The van der Waals surface area contributed by atoms with E-state index in [0.717, 1.165) is 30.5 Å². The summed E-state index contributed by atoms with van der Waals surface area (Å²) in [6.07, 6.45) is 0.200. The molecule has 1 aromatic carbocycles. The number of hydrogen-bond acceptors (Lipinski definition) is 3. The van der Waals surface area contributed by atoms with Gasteiger partial charge in [0.2, 0.25) is 0 Å². The highest BCUT2D eigenvalue weighted by atomic mass is 19.4. The van der Waals surface area contributed by atoms with Crippen LogP contribution in [-0.2, 0) is 16.9 Å². The number of alkyl halides is 3. The second kappa shape index (κ2) is 8.52. The Hall–Kier alpha value is -2.41. The van der Waals surface area contributed by atoms with Gasteiger partial charge in [-0.15, -0.1) is 0 Å². The Morgan fingerprint density at radius 3 is 2.37 bits per heavy atom. The highest BCUT2D eigenvalue weighted by molar-refractivity contribution is 5.87. The Morgan fingerprint density at radius 1 is 1.19 bits per heavy atom. The van der Waals surface area contributed by atoms with Gasteiger partial charge in [0.15, 0.2) is 0 Å². The molecule has 0 saturated heterocycles. The van der Waals surface area contributed by atoms with E-state index in [1.807, 2.05) is 19.9 Å². The van der Waals surface area contributed by atoms with E-state index in [4.69, 9.17) is 0 Å². The van der Waals surface area contributed by atoms with Crippen molar-refractivity contribution in [1.29, 1.82) is 0 Å². The molecule has 1 aromatic heterocycles. The molecule has 2 N–H and O–H groups in total. The van der Waals surface area contributed by atoms with Crippen LogP contribution in [0, 0.1) is 0 Å². The SMILES string of the molecule is CC.O=C(NCc1cncc(C2CC2)c1)[C@](O)(c1ccccc1)C(F)(F)F. The minimum absolute atomic E-state index is 0.141. The standard InChI is InChI=1S/C18H17F3N2O2.C2H6/c19-18(20,21)17(25,15-4-2-1-3-5-15)16(24)23-10-12-8-14(11-22-9-12)13-6-7-13;1-2/h1-5,8-9,11,13,25H,6-7,10H2,(H,23,24);1-2H3/t17-;/m1./s1. The number of nitrogens with one attached hydrogen (secondary N) is 1. The Kier molecular flexibility index (Phi) is 6.59. The van der Waals surface area contributed by atoms with Gasteiger partial charge in [-0.25, -0.2) is 0 Å². The number of hydrogen-bond donors (Lipinski definition) is 2. The second-order valence-corrected chi connectivity index (χ2v) is 6.16. The minimum atomic E-state index is -5.15. The predicted octanol–water partition coefficient (Wildman–Crippen LogP) is 4.05. The number of benzene rings is 1. The predicted molar refractivity (Wildman–Crippen MR) is 95.8 cm³/mol. The molecule has 1 aliphatic rings. The van der Waals surface area contributed by atoms with Crippen LogP contribution in [-0.4, -0.2) is 22.2 Å². The van der Waals surface area contributed by atoms with Crippen LogP contribution in [0.4, 0.5) is 13.2 Å². The first-order chi connectivity index (χ1) is 12.8. The maximum atomic E-state index is 13.4. The summed E-state index contributed by atoms with van der Waals surface area (Å²) in [6.45, 7) is 3.86. The zero-order valence-electron chi connectivity index (χ0n) is 15.3. The smallest absolute Gasteiger partial charge is 0.369 e. The van der Waals surface area contributed by atoms with E-state index in [1.165, 1.54) is 24.4 Å². The molecule has 0 unspecified atom stereocenters. The van der Waals surface area contributed by atoms with Gasteiger partial charge in [0.1, 0.15) is 0 Å². The van der Waals surface area contributed by atoms with Gasteiger partial charge in [0.05, 0.1) is 0 Å². The number of pyridine rings is 1. The van der Waals surface area contributed by atoms with Gasteiger partial charge in [-0.3, -0.25) is 9.78 Å². The normalized spacial score (nSPS) is 15.9. The lowest BCUT2D eigenvalue weighted by Gasteiger charge is -2.29. The van der Waals surface area contributed by atoms with Crippen molar-refractivity contribution in [3.05, 3.63) is 65.5 Å². The Labute approximate surface area is 156 Å². The highest BCUT2D eigenvalue weighted by Crippen LogP contribution is 2.40. The summed E-state index contributed by atoms with van der Waals surface area (Å²) in [7, 11) is 0. The fourth-order valence-electron chi connectivity index (χ4n) is 2.66. The van der Waals surface area contributed by atoms with Crippen molar-refractivity contribution < 1.29 is 23.1 Å². The molecule has 1 amide bonds. The second-order valence-electron chi connectivity index (χ2n) is 6.16. The molecular weight excluding hydrogens is 357 g/mol. The average Bonchev–Trinajstić information content (AvgIpc) is 3.52. The zero-order chi connectivity index (χ0) is 20.1. The molecule has 0 bridgehead atoms. The van der Waals surface area contributed by atoms with Gasteiger partial charge < -0.3 is 10.4 Å². The van der Waals surface area contributed by atoms with Gasteiger partial charge in [-0.05, 0) is 29.9 Å². The third-order valence-electron chi connectivity index (χ3n) is 4.25. The summed E-state index contributed by atoms with van der Waals surface area (Å²) in [5.74, 6) is -1.07. The first kappa shape index (κ1) is 20.9. The van der Waals surface area contributed by atoms with Gasteiger partial charge >= 0.3 is 6.18 Å². The molecule has 4 nitrogen and oxygen atoms in total. The lowest BCUT2D eigenvalue weighted by atomic mass is 9.92. The van der Waals surface area contributed by atoms with Crippen molar-refractivity contribution in [2.24, 2.45) is 0 Å². The number of aromatic nitrogens is 1. The lowest BCUT2D eigenvalue weighted by molar-refractivity contribution is -0.257. The number of amides is 1. The van der Waals surface area contributed by atoms with Crippen molar-refractivity contribution in [1.82, 2.24) is 10.3 Å². The summed E-state index contributed by atoms with van der Waals surface area (Å²) < 4.78 is 40.3. The molecule has 7 heteroatoms. The third-order valence-corrected chi connectivity index (χ3v) is 4.25. The van der Waals surface area contributed by atoms with Crippen LogP contribution in [0.3, 0.4) is 0 Å². The maximum Gasteiger partial charge on any atom is 0.430 e. The number of nitrogens with zero attached hydrogens (tertiary/aromatic N) is 1. The summed E-state index contributed by atoms with van der Waals surface area (Å²) in [4.78, 5) is 16.3. The molecule has 1 heterocycles. The number of carbonyl (C=O) groups excluding carboxylic acids is 1. The van der Waals surface area contributed by atoms with Crippen molar-refractivity contribution in [3.63, 3.8) is 0 Å². The van der Waals surface area contributed by atoms with Crippen LogP contribution >= 0.6 is 0 Å². The van der Waals surface area contributed by atoms with E-state index >= 15 is 0 Å². The lowest BCUT2D eigenvalue weighted by Crippen LogP contribution is -2.54. The molecule has 1 aliphatic carbocycles. The van der Waals surface area contributed by atoms with E-state index in [9.17, 15) is 23.1 Å². The monoisotopic (exact) mass is 380 g/mol. The van der Waals surface area contributed by atoms with Crippen LogP contribution in [0.1, 0.15) is 49.3 Å². The van der Waals surface area contributed by atoms with E-state index < -0.39 is 23.2 Å². The van der Waals surface area contributed by atoms with Crippen LogP contribution in [0.25, 0.3) is 0 Å². The topological polar surface area (TPSA) is 62.2 Å². The molecule has 0 radical (unpaired) electrons. The third kappa shape index (κ3) is 4.66. The van der Waals surface area contributed by atoms with Crippen molar-refractivity contribution in [2.45, 2.75) is 50.9 Å².